The molecule has 1 unspecified atom stereocenters. The zero-order chi connectivity index (χ0) is 14.1. The Bertz CT molecular complexity index is 669. The minimum atomic E-state index is -0.636. The molecule has 2 aromatic carbocycles. The van der Waals surface area contributed by atoms with Gasteiger partial charge in [0.05, 0.1) is 0 Å². The predicted octanol–water partition coefficient (Wildman–Crippen LogP) is 4.09. The summed E-state index contributed by atoms with van der Waals surface area (Å²) < 4.78 is 6.53. The summed E-state index contributed by atoms with van der Waals surface area (Å²) in [6.45, 7) is 2.37. The lowest BCUT2D eigenvalue weighted by Crippen LogP contribution is -2.31. The van der Waals surface area contributed by atoms with Gasteiger partial charge in [0.2, 0.25) is 5.78 Å². The highest BCUT2D eigenvalue weighted by atomic mass is 79.9. The highest BCUT2D eigenvalue weighted by Crippen LogP contribution is 2.36. The summed E-state index contributed by atoms with van der Waals surface area (Å²) in [6, 6.07) is 13.6. The Hall–Kier alpha value is -1.65. The van der Waals surface area contributed by atoms with Gasteiger partial charge in [-0.3, -0.25) is 4.79 Å². The molecule has 0 spiro atoms. The molecular formula is C16H14BrNO2. The van der Waals surface area contributed by atoms with Crippen LogP contribution in [0.3, 0.4) is 0 Å². The summed E-state index contributed by atoms with van der Waals surface area (Å²) in [5, 5.41) is 3.19. The van der Waals surface area contributed by atoms with E-state index in [4.69, 9.17) is 4.74 Å². The molecule has 0 bridgehead atoms. The standard InChI is InChI=1S/C16H14BrNO2/c1-2-20-16-15(19)12-6-4-3-5-11(12)13-9-10(17)7-8-14(13)18-16/h3-9,16,18H,2H2,1H3. The molecular weight excluding hydrogens is 318 g/mol. The molecule has 0 radical (unpaired) electrons. The van der Waals surface area contributed by atoms with Gasteiger partial charge in [0, 0.05) is 27.9 Å². The number of ether oxygens (including phenoxy) is 1. The molecule has 0 fully saturated rings. The molecule has 2 aromatic rings. The van der Waals surface area contributed by atoms with E-state index in [9.17, 15) is 4.79 Å². The normalized spacial score (nSPS) is 16.9. The minimum Gasteiger partial charge on any atom is -0.353 e. The number of nitrogens with one attached hydrogen (secondary N) is 1. The van der Waals surface area contributed by atoms with E-state index in [2.05, 4.69) is 21.2 Å². The number of halogens is 1. The molecule has 0 saturated heterocycles. The predicted molar refractivity (Wildman–Crippen MR) is 82.9 cm³/mol. The average molecular weight is 332 g/mol. The number of Topliss-reactive ketones (excluding diaryl/α,β-unsaturated/α-hetero) is 1. The van der Waals surface area contributed by atoms with E-state index < -0.39 is 6.23 Å². The fraction of sp³-hybridized carbons (Fsp3) is 0.188. The third-order valence-corrected chi connectivity index (χ3v) is 3.82. The van der Waals surface area contributed by atoms with Crippen LogP contribution in [-0.2, 0) is 4.74 Å². The van der Waals surface area contributed by atoms with Crippen molar-refractivity contribution in [3.8, 4) is 11.1 Å². The maximum absolute atomic E-state index is 12.6. The molecule has 3 nitrogen and oxygen atoms in total. The Kier molecular flexibility index (Phi) is 3.59. The largest absolute Gasteiger partial charge is 0.353 e. The number of hydrogen-bond acceptors (Lipinski definition) is 3. The summed E-state index contributed by atoms with van der Waals surface area (Å²) in [6.07, 6.45) is -0.636. The first kappa shape index (κ1) is 13.3. The number of carbonyl (C=O) groups excluding carboxylic acids is 1. The Balaban J connectivity index is 2.23. The van der Waals surface area contributed by atoms with Crippen molar-refractivity contribution in [2.24, 2.45) is 0 Å². The van der Waals surface area contributed by atoms with Gasteiger partial charge in [0.15, 0.2) is 6.23 Å². The van der Waals surface area contributed by atoms with Crippen LogP contribution in [0.25, 0.3) is 11.1 Å². The highest BCUT2D eigenvalue weighted by molar-refractivity contribution is 9.10. The summed E-state index contributed by atoms with van der Waals surface area (Å²) in [7, 11) is 0. The van der Waals surface area contributed by atoms with Crippen LogP contribution in [0.5, 0.6) is 0 Å². The molecule has 3 rings (SSSR count). The van der Waals surface area contributed by atoms with Gasteiger partial charge >= 0.3 is 0 Å². The van der Waals surface area contributed by atoms with E-state index in [1.807, 2.05) is 49.4 Å². The van der Waals surface area contributed by atoms with Gasteiger partial charge in [-0.25, -0.2) is 0 Å². The fourth-order valence-corrected chi connectivity index (χ4v) is 2.79. The molecule has 4 heteroatoms. The Morgan fingerprint density at radius 2 is 1.90 bits per heavy atom. The zero-order valence-corrected chi connectivity index (χ0v) is 12.6. The van der Waals surface area contributed by atoms with Crippen molar-refractivity contribution < 1.29 is 9.53 Å². The van der Waals surface area contributed by atoms with Gasteiger partial charge in [-0.05, 0) is 30.7 Å². The second-order valence-corrected chi connectivity index (χ2v) is 5.50. The maximum atomic E-state index is 12.6. The lowest BCUT2D eigenvalue weighted by atomic mass is 9.97. The molecule has 1 atom stereocenters. The molecule has 20 heavy (non-hydrogen) atoms. The van der Waals surface area contributed by atoms with Gasteiger partial charge in [0.1, 0.15) is 0 Å². The first-order valence-corrected chi connectivity index (χ1v) is 7.31. The maximum Gasteiger partial charge on any atom is 0.212 e. The lowest BCUT2D eigenvalue weighted by Gasteiger charge is -2.16. The summed E-state index contributed by atoms with van der Waals surface area (Å²) in [5.74, 6) is -0.0326. The number of hydrogen-bond donors (Lipinski definition) is 1. The number of benzene rings is 2. The van der Waals surface area contributed by atoms with Crippen LogP contribution in [0.1, 0.15) is 17.3 Å². The minimum absolute atomic E-state index is 0.0326. The Morgan fingerprint density at radius 1 is 1.15 bits per heavy atom. The van der Waals surface area contributed by atoms with E-state index in [0.717, 1.165) is 21.3 Å². The van der Waals surface area contributed by atoms with Crippen LogP contribution in [0.15, 0.2) is 46.9 Å². The Labute approximate surface area is 126 Å². The van der Waals surface area contributed by atoms with E-state index in [1.165, 1.54) is 0 Å². The number of ketones is 1. The summed E-state index contributed by atoms with van der Waals surface area (Å²) in [4.78, 5) is 12.6. The number of fused-ring (bicyclic) bond motifs is 3. The van der Waals surface area contributed by atoms with E-state index in [1.54, 1.807) is 0 Å². The van der Waals surface area contributed by atoms with Crippen LogP contribution in [0.2, 0.25) is 0 Å². The van der Waals surface area contributed by atoms with Gasteiger partial charge in [-0.15, -0.1) is 0 Å². The highest BCUT2D eigenvalue weighted by Gasteiger charge is 2.28. The molecule has 1 heterocycles. The van der Waals surface area contributed by atoms with Crippen LogP contribution in [0.4, 0.5) is 5.69 Å². The van der Waals surface area contributed by atoms with Crippen molar-refractivity contribution in [2.75, 3.05) is 11.9 Å². The third-order valence-electron chi connectivity index (χ3n) is 3.32. The molecule has 102 valence electrons. The zero-order valence-electron chi connectivity index (χ0n) is 11.0. The average Bonchev–Trinajstić information content (AvgIpc) is 2.57. The number of carbonyl (C=O) groups is 1. The fourth-order valence-electron chi connectivity index (χ4n) is 2.43. The van der Waals surface area contributed by atoms with Crippen molar-refractivity contribution in [2.45, 2.75) is 13.2 Å². The van der Waals surface area contributed by atoms with Gasteiger partial charge in [-0.2, -0.15) is 0 Å². The molecule has 1 aliphatic heterocycles. The van der Waals surface area contributed by atoms with Crippen LogP contribution in [-0.4, -0.2) is 18.6 Å². The van der Waals surface area contributed by atoms with E-state index >= 15 is 0 Å². The van der Waals surface area contributed by atoms with E-state index in [-0.39, 0.29) is 5.78 Å². The quantitative estimate of drug-likeness (QED) is 0.900. The number of rotatable bonds is 2. The molecule has 0 aromatic heterocycles. The topological polar surface area (TPSA) is 38.3 Å². The van der Waals surface area contributed by atoms with Gasteiger partial charge in [-0.1, -0.05) is 40.2 Å². The van der Waals surface area contributed by atoms with Crippen molar-refractivity contribution in [1.82, 2.24) is 0 Å². The van der Waals surface area contributed by atoms with Crippen LogP contribution >= 0.6 is 15.9 Å². The van der Waals surface area contributed by atoms with Crippen molar-refractivity contribution in [3.05, 3.63) is 52.5 Å². The molecule has 1 N–H and O–H groups in total. The van der Waals surface area contributed by atoms with Crippen LogP contribution in [0, 0.1) is 0 Å². The first-order valence-electron chi connectivity index (χ1n) is 6.52. The summed E-state index contributed by atoms with van der Waals surface area (Å²) in [5.41, 5.74) is 3.54. The smallest absolute Gasteiger partial charge is 0.212 e. The monoisotopic (exact) mass is 331 g/mol. The van der Waals surface area contributed by atoms with E-state index in [0.29, 0.717) is 12.2 Å². The molecule has 0 aliphatic carbocycles. The third kappa shape index (κ3) is 2.25. The molecule has 0 saturated carbocycles. The van der Waals surface area contributed by atoms with Gasteiger partial charge < -0.3 is 10.1 Å². The summed E-state index contributed by atoms with van der Waals surface area (Å²) >= 11 is 3.48. The first-order chi connectivity index (χ1) is 9.70. The SMILES string of the molecule is CCOC1Nc2ccc(Br)cc2-c2ccccc2C1=O. The van der Waals surface area contributed by atoms with Crippen LogP contribution < -0.4 is 5.32 Å². The molecule has 0 amide bonds. The molecule has 1 aliphatic rings. The second kappa shape index (κ2) is 5.38. The van der Waals surface area contributed by atoms with Crippen molar-refractivity contribution in [3.63, 3.8) is 0 Å². The second-order valence-electron chi connectivity index (χ2n) is 4.58. The number of anilines is 1. The van der Waals surface area contributed by atoms with Crippen molar-refractivity contribution >= 4 is 27.4 Å². The van der Waals surface area contributed by atoms with Crippen molar-refractivity contribution in [1.29, 1.82) is 0 Å². The lowest BCUT2D eigenvalue weighted by molar-refractivity contribution is 0.0552. The Morgan fingerprint density at radius 3 is 2.65 bits per heavy atom. The van der Waals surface area contributed by atoms with Gasteiger partial charge in [0.25, 0.3) is 0 Å².